The van der Waals surface area contributed by atoms with Crippen LogP contribution in [0.5, 0.6) is 0 Å². The molecule has 0 saturated carbocycles. The lowest BCUT2D eigenvalue weighted by Gasteiger charge is -2.13. The monoisotopic (exact) mass is 1980 g/mol. The minimum Gasteiger partial charge on any atom is -0.394 e. The van der Waals surface area contributed by atoms with E-state index in [1.807, 2.05) is 27.7 Å². The Labute approximate surface area is 787 Å². The molecule has 21 nitrogen and oxygen atoms in total. The number of rotatable bonds is 91. The largest absolute Gasteiger partial charge is 0.394 e. The zero-order valence-electron chi connectivity index (χ0n) is 77.1. The van der Waals surface area contributed by atoms with Crippen LogP contribution in [0.1, 0.15) is 375 Å². The van der Waals surface area contributed by atoms with Crippen molar-refractivity contribution in [1.29, 1.82) is 0 Å². The predicted octanol–water partition coefficient (Wildman–Crippen LogP) is 25.2. The Morgan fingerprint density at radius 3 is 0.656 bits per heavy atom. The summed E-state index contributed by atoms with van der Waals surface area (Å²) in [6, 6.07) is 0. The number of aliphatic hydroxyl groups excluding tert-OH is 4. The molecule has 0 amide bonds. The van der Waals surface area contributed by atoms with Crippen molar-refractivity contribution >= 4 is 138 Å². The van der Waals surface area contributed by atoms with Gasteiger partial charge in [0.1, 0.15) is 0 Å². The van der Waals surface area contributed by atoms with Gasteiger partial charge < -0.3 is 53.7 Å². The molecule has 0 atom stereocenters. The van der Waals surface area contributed by atoms with E-state index in [0.29, 0.717) is 39.6 Å². The summed E-state index contributed by atoms with van der Waals surface area (Å²) in [6.07, 6.45) is 70.3. The SMILES string of the molecule is C=CCCCCCCCCCOCCO.CC(=O)S.CC(=O)SCCCCCCCCCCCOCCO.CCN(CC)CC.O=S(=O)(Cl)OCCOCCCCCCCCCCCSSCCCCCCCCCCCOCCOS(=O)(=O)Cl.O=S(=O)(F)Cl.OCCOCCCCCCCCCCCSSCCCCCCCCCCCOCCO. The Morgan fingerprint density at radius 2 is 0.492 bits per heavy atom. The predicted molar refractivity (Wildman–Crippen MR) is 532 cm³/mol. The third-order valence-electron chi connectivity index (χ3n) is 18.4. The number of unbranched alkanes of at least 4 members (excludes halogenated alkanes) is 47. The van der Waals surface area contributed by atoms with Gasteiger partial charge >= 0.3 is 28.1 Å². The summed E-state index contributed by atoms with van der Waals surface area (Å²) in [7, 11) is 9.50. The lowest BCUT2D eigenvalue weighted by molar-refractivity contribution is -0.109. The average molecular weight is 1990 g/mol. The van der Waals surface area contributed by atoms with E-state index in [1.54, 1.807) is 6.92 Å². The molecule has 0 fully saturated rings. The van der Waals surface area contributed by atoms with Crippen LogP contribution in [0, 0.1) is 0 Å². The first-order valence-corrected chi connectivity index (χ1v) is 59.8. The molecule has 0 aliphatic rings. The van der Waals surface area contributed by atoms with E-state index in [9.17, 15) is 30.3 Å². The minimum absolute atomic E-state index is 0.0274. The van der Waals surface area contributed by atoms with Crippen LogP contribution in [0.25, 0.3) is 0 Å². The normalized spacial score (nSPS) is 11.3. The van der Waals surface area contributed by atoms with Gasteiger partial charge in [0, 0.05) is 104 Å². The fourth-order valence-corrected chi connectivity index (χ4v) is 17.8. The molecule has 4 N–H and O–H groups in total. The summed E-state index contributed by atoms with van der Waals surface area (Å²) in [5.74, 6) is 6.16. The third kappa shape index (κ3) is 171. The van der Waals surface area contributed by atoms with Gasteiger partial charge in [-0.3, -0.25) is 18.0 Å². The van der Waals surface area contributed by atoms with Crippen LogP contribution in [0.2, 0.25) is 0 Å². The van der Waals surface area contributed by atoms with Crippen LogP contribution in [-0.2, 0) is 74.5 Å². The molecule has 0 aromatic rings. The molecular weight excluding hydrogens is 1800 g/mol. The molecule has 0 bridgehead atoms. The van der Waals surface area contributed by atoms with Gasteiger partial charge in [0.25, 0.3) is 0 Å². The van der Waals surface area contributed by atoms with E-state index in [0.717, 1.165) is 90.0 Å². The lowest BCUT2D eigenvalue weighted by Crippen LogP contribution is -2.21. The van der Waals surface area contributed by atoms with Crippen molar-refractivity contribution < 1.29 is 95.9 Å². The molecule has 0 aliphatic carbocycles. The summed E-state index contributed by atoms with van der Waals surface area (Å²) in [4.78, 5) is 22.4. The Balaban J connectivity index is -0.000000285. The van der Waals surface area contributed by atoms with Crippen LogP contribution >= 0.6 is 99.6 Å². The van der Waals surface area contributed by atoms with Crippen LogP contribution in [-0.4, -0.2) is 228 Å². The number of halogens is 4. The van der Waals surface area contributed by atoms with Gasteiger partial charge in [-0.15, -0.1) is 19.2 Å². The van der Waals surface area contributed by atoms with E-state index in [1.165, 1.54) is 344 Å². The van der Waals surface area contributed by atoms with Crippen molar-refractivity contribution in [3.8, 4) is 0 Å². The standard InChI is InChI=1S/C26H52Cl2O8S4.C26H54O4S2.C15H30O3S.C13H26O2.C6H15N.C2H4OS.ClFO2S/c27-39(29,30)35-23-21-33-19-15-11-7-3-1-5-9-13-17-25-37-38-26-18-14-10-6-2-4-8-12-16-20-34-22-24-36-40(28,31)32;27-19-23-29-21-15-11-7-3-1-5-9-13-17-25-31-32-26-18-14-10-6-2-4-8-12-16-22-30-24-20-28;1-15(17)19-14-10-8-6-4-2-3-5-7-9-12-18-13-11-16;1-2-3-4-5-6-7-8-9-10-12-15-13-11-14;1-4-7(5-2)6-3;1-2(3)4;1-5(2,3)4/h1-26H2;27-28H,1-26H2;16H,2-14H2,1H3;2,14H,1,3-13H2;4-6H2,1-3H3;1H3,(H,3,4);. The molecule has 0 radical (unpaired) electrons. The molecule has 740 valence electrons. The summed E-state index contributed by atoms with van der Waals surface area (Å²) in [5, 5.41) is 34.4. The molecule has 122 heavy (non-hydrogen) atoms. The second kappa shape index (κ2) is 122. The zero-order chi connectivity index (χ0) is 92.0. The Kier molecular flexibility index (Phi) is 137. The molecule has 0 aromatic carbocycles. The summed E-state index contributed by atoms with van der Waals surface area (Å²) in [6.45, 7) is 24.3. The number of hydrogen-bond donors (Lipinski definition) is 5. The summed E-state index contributed by atoms with van der Waals surface area (Å²) in [5.41, 5.74) is 0. The molecular formula is C88H181Cl3FNO20S9. The Morgan fingerprint density at radius 1 is 0.320 bits per heavy atom. The minimum atomic E-state index is -4.69. The molecule has 0 spiro atoms. The van der Waals surface area contributed by atoms with Crippen LogP contribution < -0.4 is 0 Å². The number of allylic oxidation sites excluding steroid dienone is 1. The topological polar surface area (TPSA) is 295 Å². The highest BCUT2D eigenvalue weighted by atomic mass is 35.7. The van der Waals surface area contributed by atoms with Crippen molar-refractivity contribution in [1.82, 2.24) is 4.90 Å². The first-order chi connectivity index (χ1) is 58.9. The van der Waals surface area contributed by atoms with Crippen molar-refractivity contribution in [3.05, 3.63) is 12.7 Å². The Bertz CT molecular complexity index is 2210. The van der Waals surface area contributed by atoms with Crippen LogP contribution in [0.3, 0.4) is 0 Å². The zero-order valence-corrected chi connectivity index (χ0v) is 86.8. The number of thiol groups is 1. The molecule has 0 aliphatic heterocycles. The quantitative estimate of drug-likeness (QED) is 0.0124. The van der Waals surface area contributed by atoms with Crippen molar-refractivity contribution in [2.45, 2.75) is 375 Å². The molecule has 34 heteroatoms. The number of thioether (sulfide) groups is 1. The van der Waals surface area contributed by atoms with Gasteiger partial charge in [-0.05, 0) is 103 Å². The molecule has 0 rings (SSSR count). The van der Waals surface area contributed by atoms with E-state index >= 15 is 0 Å². The molecule has 0 heterocycles. The number of carbonyl (C=O) groups is 2. The van der Waals surface area contributed by atoms with E-state index in [2.05, 4.69) is 85.5 Å². The second-order valence-corrected chi connectivity index (χ2v) is 43.1. The fraction of sp³-hybridized carbons (Fsp3) is 0.955. The summed E-state index contributed by atoms with van der Waals surface area (Å²) >= 11 is 4.77. The van der Waals surface area contributed by atoms with Gasteiger partial charge in [-0.1, -0.05) is 343 Å². The number of nitrogens with zero attached hydrogens (tertiary/aromatic N) is 1. The van der Waals surface area contributed by atoms with Crippen LogP contribution in [0.15, 0.2) is 12.7 Å². The van der Waals surface area contributed by atoms with Gasteiger partial charge in [0.15, 0.2) is 10.2 Å². The number of aliphatic hydroxyl groups is 4. The highest BCUT2D eigenvalue weighted by Crippen LogP contribution is 2.27. The van der Waals surface area contributed by atoms with Crippen molar-refractivity contribution in [2.75, 3.05) is 167 Å². The number of hydrogen-bond acceptors (Lipinski definition) is 26. The maximum Gasteiger partial charge on any atom is 0.391 e. The van der Waals surface area contributed by atoms with Crippen molar-refractivity contribution in [3.63, 3.8) is 0 Å². The van der Waals surface area contributed by atoms with E-state index in [4.69, 9.17) is 78.6 Å². The maximum absolute atomic E-state index is 10.7. The second-order valence-electron chi connectivity index (χ2n) is 29.6. The highest BCUT2D eigenvalue weighted by molar-refractivity contribution is 8.77. The maximum atomic E-state index is 10.7. The third-order valence-corrected chi connectivity index (χ3v) is 25.8. The first-order valence-electron chi connectivity index (χ1n) is 46.8. The highest BCUT2D eigenvalue weighted by Gasteiger charge is 2.07. The molecule has 0 aromatic heterocycles. The van der Waals surface area contributed by atoms with Gasteiger partial charge in [-0.25, -0.2) is 0 Å². The van der Waals surface area contributed by atoms with E-state index < -0.39 is 28.1 Å². The molecule has 0 unspecified atom stereocenters. The number of carbonyl (C=O) groups excluding carboxylic acids is 2. The van der Waals surface area contributed by atoms with Gasteiger partial charge in [0.2, 0.25) is 0 Å². The summed E-state index contributed by atoms with van der Waals surface area (Å²) < 4.78 is 111. The number of ether oxygens (including phenoxy) is 6. The average Bonchev–Trinajstić information content (AvgIpc) is 0.996. The lowest BCUT2D eigenvalue weighted by atomic mass is 10.1. The first kappa shape index (κ1) is 136. The van der Waals surface area contributed by atoms with Crippen LogP contribution in [0.4, 0.5) is 3.89 Å². The van der Waals surface area contributed by atoms with Gasteiger partial charge in [0.05, 0.1) is 90.0 Å². The van der Waals surface area contributed by atoms with Crippen molar-refractivity contribution in [2.24, 2.45) is 0 Å². The smallest absolute Gasteiger partial charge is 0.391 e. The van der Waals surface area contributed by atoms with Gasteiger partial charge in [-0.2, -0.15) is 25.3 Å². The van der Waals surface area contributed by atoms with E-state index in [-0.39, 0.29) is 63.1 Å². The Hall–Kier alpha value is 1.31. The fourth-order valence-electron chi connectivity index (χ4n) is 11.7. The molecule has 0 saturated heterocycles.